The number of hydrogen-bond donors (Lipinski definition) is 1. The zero-order valence-corrected chi connectivity index (χ0v) is 11.1. The summed E-state index contributed by atoms with van der Waals surface area (Å²) in [5, 5.41) is 3.26. The fourth-order valence-corrected chi connectivity index (χ4v) is 2.15. The lowest BCUT2D eigenvalue weighted by atomic mass is 10.3. The minimum absolute atomic E-state index is 0. The van der Waals surface area contributed by atoms with Crippen LogP contribution in [0.25, 0.3) is 0 Å². The topological polar surface area (TPSA) is 35.6 Å². The van der Waals surface area contributed by atoms with Crippen molar-refractivity contribution in [1.29, 1.82) is 0 Å². The van der Waals surface area contributed by atoms with E-state index in [4.69, 9.17) is 0 Å². The average Bonchev–Trinajstić information content (AvgIpc) is 2.72. The Bertz CT molecular complexity index is 204. The van der Waals surface area contributed by atoms with Crippen molar-refractivity contribution in [2.24, 2.45) is 0 Å². The van der Waals surface area contributed by atoms with Crippen molar-refractivity contribution in [2.45, 2.75) is 12.8 Å². The average molecular weight is 270 g/mol. The molecule has 2 rings (SSSR count). The molecule has 0 radical (unpaired) electrons. The summed E-state index contributed by atoms with van der Waals surface area (Å²) in [5.41, 5.74) is 0. The fraction of sp³-hybridized carbons (Fsp3) is 0.900. The Hall–Kier alpha value is -0.0300. The highest BCUT2D eigenvalue weighted by molar-refractivity contribution is 5.85. The molecule has 0 atom stereocenters. The summed E-state index contributed by atoms with van der Waals surface area (Å²) in [5.74, 6) is 0.313. The van der Waals surface area contributed by atoms with Crippen LogP contribution in [0.1, 0.15) is 12.8 Å². The van der Waals surface area contributed by atoms with E-state index in [-0.39, 0.29) is 24.8 Å². The van der Waals surface area contributed by atoms with Crippen molar-refractivity contribution < 1.29 is 4.79 Å². The minimum atomic E-state index is 0. The number of carbonyl (C=O) groups excluding carboxylic acids is 1. The molecule has 16 heavy (non-hydrogen) atoms. The van der Waals surface area contributed by atoms with Gasteiger partial charge in [0.1, 0.15) is 0 Å². The van der Waals surface area contributed by atoms with Gasteiger partial charge in [-0.05, 0) is 25.9 Å². The lowest BCUT2D eigenvalue weighted by Gasteiger charge is -2.29. The highest BCUT2D eigenvalue weighted by atomic mass is 35.5. The molecule has 0 spiro atoms. The molecule has 2 aliphatic rings. The largest absolute Gasteiger partial charge is 0.339 e. The van der Waals surface area contributed by atoms with Gasteiger partial charge in [-0.1, -0.05) is 0 Å². The van der Waals surface area contributed by atoms with Crippen LogP contribution < -0.4 is 5.32 Å². The number of hydrogen-bond acceptors (Lipinski definition) is 3. The summed E-state index contributed by atoms with van der Waals surface area (Å²) in [6, 6.07) is 0. The van der Waals surface area contributed by atoms with E-state index in [1.165, 1.54) is 12.8 Å². The van der Waals surface area contributed by atoms with Crippen molar-refractivity contribution in [3.8, 4) is 0 Å². The van der Waals surface area contributed by atoms with Crippen molar-refractivity contribution in [3.05, 3.63) is 0 Å². The summed E-state index contributed by atoms with van der Waals surface area (Å²) < 4.78 is 0. The second-order valence-corrected chi connectivity index (χ2v) is 4.11. The quantitative estimate of drug-likeness (QED) is 0.787. The van der Waals surface area contributed by atoms with Gasteiger partial charge in [-0.25, -0.2) is 0 Å². The molecule has 1 amide bonds. The molecule has 2 aliphatic heterocycles. The van der Waals surface area contributed by atoms with Crippen LogP contribution in [0.5, 0.6) is 0 Å². The van der Waals surface area contributed by atoms with E-state index in [9.17, 15) is 4.79 Å². The fourth-order valence-electron chi connectivity index (χ4n) is 2.15. The molecule has 0 saturated carbocycles. The van der Waals surface area contributed by atoms with Gasteiger partial charge in [-0.3, -0.25) is 9.69 Å². The van der Waals surface area contributed by atoms with E-state index in [2.05, 4.69) is 10.2 Å². The van der Waals surface area contributed by atoms with Crippen LogP contribution in [0.2, 0.25) is 0 Å². The summed E-state index contributed by atoms with van der Waals surface area (Å²) >= 11 is 0. The summed E-state index contributed by atoms with van der Waals surface area (Å²) in [6.45, 7) is 6.52. The number of halogens is 2. The van der Waals surface area contributed by atoms with Crippen molar-refractivity contribution in [2.75, 3.05) is 45.8 Å². The monoisotopic (exact) mass is 269 g/mol. The molecule has 1 N–H and O–H groups in total. The molecule has 2 fully saturated rings. The standard InChI is InChI=1S/C10H19N3O.2ClH/c14-10(9-12-5-1-2-6-12)13-7-3-11-4-8-13;;/h11H,1-9H2;2*1H. The molecule has 4 nitrogen and oxygen atoms in total. The highest BCUT2D eigenvalue weighted by Gasteiger charge is 2.20. The van der Waals surface area contributed by atoms with Crippen LogP contribution in [0, 0.1) is 0 Å². The molecule has 0 bridgehead atoms. The Labute approximate surface area is 110 Å². The maximum atomic E-state index is 11.8. The lowest BCUT2D eigenvalue weighted by molar-refractivity contribution is -0.132. The second kappa shape index (κ2) is 8.12. The zero-order chi connectivity index (χ0) is 9.80. The van der Waals surface area contributed by atoms with Gasteiger partial charge < -0.3 is 10.2 Å². The van der Waals surface area contributed by atoms with E-state index in [0.717, 1.165) is 39.3 Å². The molecular weight excluding hydrogens is 249 g/mol. The number of piperazine rings is 1. The number of nitrogens with zero attached hydrogens (tertiary/aromatic N) is 2. The summed E-state index contributed by atoms with van der Waals surface area (Å²) in [4.78, 5) is 16.1. The third kappa shape index (κ3) is 4.45. The molecule has 96 valence electrons. The predicted molar refractivity (Wildman–Crippen MR) is 69.6 cm³/mol. The van der Waals surface area contributed by atoms with Gasteiger partial charge in [-0.15, -0.1) is 24.8 Å². The first-order valence-electron chi connectivity index (χ1n) is 5.57. The molecule has 0 aliphatic carbocycles. The molecule has 0 aromatic heterocycles. The first kappa shape index (κ1) is 16.0. The molecule has 0 unspecified atom stereocenters. The first-order valence-corrected chi connectivity index (χ1v) is 5.57. The third-order valence-corrected chi connectivity index (χ3v) is 3.03. The van der Waals surface area contributed by atoms with Crippen LogP contribution in [-0.2, 0) is 4.79 Å². The smallest absolute Gasteiger partial charge is 0.236 e. The van der Waals surface area contributed by atoms with E-state index >= 15 is 0 Å². The Morgan fingerprint density at radius 2 is 1.56 bits per heavy atom. The van der Waals surface area contributed by atoms with Crippen LogP contribution >= 0.6 is 24.8 Å². The van der Waals surface area contributed by atoms with Gasteiger partial charge >= 0.3 is 0 Å². The van der Waals surface area contributed by atoms with Crippen LogP contribution in [0.4, 0.5) is 0 Å². The van der Waals surface area contributed by atoms with Gasteiger partial charge in [0.15, 0.2) is 0 Å². The second-order valence-electron chi connectivity index (χ2n) is 4.11. The van der Waals surface area contributed by atoms with Crippen molar-refractivity contribution in [3.63, 3.8) is 0 Å². The molecule has 0 aromatic rings. The SMILES string of the molecule is Cl.Cl.O=C(CN1CCCC1)N1CCNCC1. The number of rotatable bonds is 2. The third-order valence-electron chi connectivity index (χ3n) is 3.03. The van der Waals surface area contributed by atoms with Gasteiger partial charge in [-0.2, -0.15) is 0 Å². The number of likely N-dealkylation sites (tertiary alicyclic amines) is 1. The van der Waals surface area contributed by atoms with E-state index in [1.807, 2.05) is 4.90 Å². The molecule has 6 heteroatoms. The predicted octanol–water partition coefficient (Wildman–Crippen LogP) is 0.358. The van der Waals surface area contributed by atoms with Gasteiger partial charge in [0.05, 0.1) is 6.54 Å². The minimum Gasteiger partial charge on any atom is -0.339 e. The number of carbonyl (C=O) groups is 1. The van der Waals surface area contributed by atoms with E-state index < -0.39 is 0 Å². The molecule has 2 saturated heterocycles. The van der Waals surface area contributed by atoms with Crippen LogP contribution in [0.3, 0.4) is 0 Å². The van der Waals surface area contributed by atoms with Gasteiger partial charge in [0.2, 0.25) is 5.91 Å². The highest BCUT2D eigenvalue weighted by Crippen LogP contribution is 2.07. The first-order chi connectivity index (χ1) is 6.86. The Morgan fingerprint density at radius 1 is 1.00 bits per heavy atom. The van der Waals surface area contributed by atoms with Crippen molar-refractivity contribution in [1.82, 2.24) is 15.1 Å². The molecular formula is C10H21Cl2N3O. The Morgan fingerprint density at radius 3 is 2.12 bits per heavy atom. The lowest BCUT2D eigenvalue weighted by Crippen LogP contribution is -2.49. The maximum Gasteiger partial charge on any atom is 0.236 e. The van der Waals surface area contributed by atoms with Gasteiger partial charge in [0.25, 0.3) is 0 Å². The zero-order valence-electron chi connectivity index (χ0n) is 9.48. The van der Waals surface area contributed by atoms with E-state index in [1.54, 1.807) is 0 Å². The van der Waals surface area contributed by atoms with Crippen LogP contribution in [0.15, 0.2) is 0 Å². The van der Waals surface area contributed by atoms with Gasteiger partial charge in [0, 0.05) is 26.2 Å². The maximum absolute atomic E-state index is 11.8. The summed E-state index contributed by atoms with van der Waals surface area (Å²) in [6.07, 6.45) is 2.52. The van der Waals surface area contributed by atoms with Crippen LogP contribution in [-0.4, -0.2) is 61.5 Å². The Kier molecular flexibility index (Phi) is 8.10. The van der Waals surface area contributed by atoms with Crippen molar-refractivity contribution >= 4 is 30.7 Å². The summed E-state index contributed by atoms with van der Waals surface area (Å²) in [7, 11) is 0. The number of amides is 1. The molecule has 2 heterocycles. The van der Waals surface area contributed by atoms with E-state index in [0.29, 0.717) is 12.5 Å². The Balaban J connectivity index is 0.00000112. The normalized spacial score (nSPS) is 21.1. The number of nitrogens with one attached hydrogen (secondary N) is 1. The molecule has 0 aromatic carbocycles.